The highest BCUT2D eigenvalue weighted by atomic mass is 32.1. The number of carbonyl (C=O) groups is 2. The van der Waals surface area contributed by atoms with Crippen molar-refractivity contribution < 1.29 is 14.3 Å². The van der Waals surface area contributed by atoms with Crippen molar-refractivity contribution in [1.82, 2.24) is 9.88 Å². The number of hydrogen-bond donors (Lipinski definition) is 0. The molecular formula is C18H21N3O3S. The monoisotopic (exact) mass is 359 g/mol. The van der Waals surface area contributed by atoms with E-state index in [0.717, 1.165) is 16.3 Å². The Labute approximate surface area is 151 Å². The van der Waals surface area contributed by atoms with E-state index < -0.39 is 0 Å². The van der Waals surface area contributed by atoms with Crippen LogP contribution in [0.15, 0.2) is 23.6 Å². The highest BCUT2D eigenvalue weighted by Gasteiger charge is 2.27. The minimum atomic E-state index is -0.107. The second kappa shape index (κ2) is 7.23. The summed E-state index contributed by atoms with van der Waals surface area (Å²) < 4.78 is 5.49. The van der Waals surface area contributed by atoms with Crippen molar-refractivity contribution in [1.29, 1.82) is 0 Å². The average molecular weight is 359 g/mol. The second-order valence-electron chi connectivity index (χ2n) is 5.84. The predicted octanol–water partition coefficient (Wildman–Crippen LogP) is 2.86. The number of carbonyl (C=O) groups excluding carboxylic acids is 2. The van der Waals surface area contributed by atoms with E-state index in [9.17, 15) is 9.59 Å². The molecule has 1 aromatic heterocycles. The van der Waals surface area contributed by atoms with Crippen LogP contribution in [0.3, 0.4) is 0 Å². The summed E-state index contributed by atoms with van der Waals surface area (Å²) in [4.78, 5) is 32.6. The van der Waals surface area contributed by atoms with Gasteiger partial charge in [0.1, 0.15) is 16.5 Å². The maximum Gasteiger partial charge on any atom is 0.273 e. The Morgan fingerprint density at radius 3 is 2.84 bits per heavy atom. The Balaban J connectivity index is 1.83. The van der Waals surface area contributed by atoms with E-state index in [-0.39, 0.29) is 18.4 Å². The molecule has 1 aromatic carbocycles. The van der Waals surface area contributed by atoms with E-state index >= 15 is 0 Å². The first kappa shape index (κ1) is 17.4. The van der Waals surface area contributed by atoms with Gasteiger partial charge in [-0.25, -0.2) is 4.98 Å². The number of ether oxygens (including phenoxy) is 1. The molecule has 2 heterocycles. The maximum atomic E-state index is 12.4. The molecule has 6 nitrogen and oxygen atoms in total. The first-order valence-corrected chi connectivity index (χ1v) is 9.19. The van der Waals surface area contributed by atoms with Crippen LogP contribution in [0.1, 0.15) is 34.9 Å². The molecule has 0 radical (unpaired) electrons. The molecule has 0 unspecified atom stereocenters. The number of aromatic nitrogens is 1. The summed E-state index contributed by atoms with van der Waals surface area (Å²) >= 11 is 1.40. The molecule has 0 atom stereocenters. The van der Waals surface area contributed by atoms with Crippen LogP contribution >= 0.6 is 11.3 Å². The van der Waals surface area contributed by atoms with Gasteiger partial charge in [-0.05, 0) is 38.5 Å². The van der Waals surface area contributed by atoms with Crippen molar-refractivity contribution in [2.75, 3.05) is 24.6 Å². The van der Waals surface area contributed by atoms with Crippen molar-refractivity contribution >= 4 is 28.8 Å². The Bertz CT molecular complexity index is 799. The lowest BCUT2D eigenvalue weighted by molar-refractivity contribution is -0.121. The third kappa shape index (κ3) is 3.51. The molecule has 0 aliphatic carbocycles. The zero-order chi connectivity index (χ0) is 18.0. The van der Waals surface area contributed by atoms with E-state index in [2.05, 4.69) is 4.98 Å². The van der Waals surface area contributed by atoms with Crippen LogP contribution in [0.2, 0.25) is 0 Å². The van der Waals surface area contributed by atoms with E-state index in [1.165, 1.54) is 11.3 Å². The number of benzene rings is 1. The molecule has 0 N–H and O–H groups in total. The molecule has 0 fully saturated rings. The Hall–Kier alpha value is -2.41. The molecule has 132 valence electrons. The fourth-order valence-corrected chi connectivity index (χ4v) is 3.53. The quantitative estimate of drug-likeness (QED) is 0.823. The highest BCUT2D eigenvalue weighted by molar-refractivity contribution is 7.09. The molecule has 7 heteroatoms. The molecule has 0 saturated carbocycles. The second-order valence-corrected chi connectivity index (χ2v) is 6.79. The zero-order valence-corrected chi connectivity index (χ0v) is 15.4. The topological polar surface area (TPSA) is 62.7 Å². The number of rotatable bonds is 5. The summed E-state index contributed by atoms with van der Waals surface area (Å²) in [5.74, 6) is 0.517. The number of nitrogens with zero attached hydrogens (tertiary/aromatic N) is 3. The Morgan fingerprint density at radius 2 is 2.12 bits per heavy atom. The number of anilines is 1. The zero-order valence-electron chi connectivity index (χ0n) is 14.6. The molecule has 25 heavy (non-hydrogen) atoms. The van der Waals surface area contributed by atoms with Crippen molar-refractivity contribution in [3.63, 3.8) is 0 Å². The van der Waals surface area contributed by atoms with Crippen LogP contribution in [-0.2, 0) is 11.3 Å². The molecule has 0 spiro atoms. The summed E-state index contributed by atoms with van der Waals surface area (Å²) in [7, 11) is 0. The molecule has 0 saturated heterocycles. The van der Waals surface area contributed by atoms with Crippen molar-refractivity contribution in [3.8, 4) is 5.75 Å². The number of amides is 2. The van der Waals surface area contributed by atoms with Gasteiger partial charge in [0, 0.05) is 18.5 Å². The molecule has 3 rings (SSSR count). The first-order chi connectivity index (χ1) is 12.0. The van der Waals surface area contributed by atoms with Gasteiger partial charge < -0.3 is 9.64 Å². The third-order valence-electron chi connectivity index (χ3n) is 4.17. The smallest absolute Gasteiger partial charge is 0.273 e. The van der Waals surface area contributed by atoms with E-state index in [0.29, 0.717) is 31.1 Å². The van der Waals surface area contributed by atoms with Crippen molar-refractivity contribution in [2.45, 2.75) is 27.3 Å². The number of thiazole rings is 1. The SMILES string of the molecule is CCN(CC)C(=O)c1csc(CN2C(=O)COc3ccc(C)cc32)n1. The van der Waals surface area contributed by atoms with Crippen LogP contribution < -0.4 is 9.64 Å². The number of fused-ring (bicyclic) bond motifs is 1. The average Bonchev–Trinajstić information content (AvgIpc) is 3.07. The van der Waals surface area contributed by atoms with Gasteiger partial charge in [-0.1, -0.05) is 6.07 Å². The first-order valence-electron chi connectivity index (χ1n) is 8.31. The lowest BCUT2D eigenvalue weighted by atomic mass is 10.1. The normalized spacial score (nSPS) is 13.4. The van der Waals surface area contributed by atoms with Gasteiger partial charge in [-0.15, -0.1) is 11.3 Å². The molecular weight excluding hydrogens is 338 g/mol. The van der Waals surface area contributed by atoms with Crippen molar-refractivity contribution in [2.24, 2.45) is 0 Å². The number of hydrogen-bond acceptors (Lipinski definition) is 5. The van der Waals surface area contributed by atoms with Gasteiger partial charge in [0.05, 0.1) is 12.2 Å². The highest BCUT2D eigenvalue weighted by Crippen LogP contribution is 2.34. The molecule has 2 amide bonds. The fourth-order valence-electron chi connectivity index (χ4n) is 2.78. The van der Waals surface area contributed by atoms with Crippen LogP contribution in [0.25, 0.3) is 0 Å². The third-order valence-corrected chi connectivity index (χ3v) is 5.01. The van der Waals surface area contributed by atoms with Crippen LogP contribution in [0.4, 0.5) is 5.69 Å². The Morgan fingerprint density at radius 1 is 1.36 bits per heavy atom. The van der Waals surface area contributed by atoms with Gasteiger partial charge in [0.2, 0.25) is 0 Å². The van der Waals surface area contributed by atoms with Gasteiger partial charge in [-0.3, -0.25) is 14.5 Å². The van der Waals surface area contributed by atoms with Crippen LogP contribution in [-0.4, -0.2) is 41.4 Å². The van der Waals surface area contributed by atoms with Gasteiger partial charge in [-0.2, -0.15) is 0 Å². The molecule has 2 aromatic rings. The lowest BCUT2D eigenvalue weighted by Crippen LogP contribution is -2.38. The van der Waals surface area contributed by atoms with E-state index in [4.69, 9.17) is 4.74 Å². The number of aryl methyl sites for hydroxylation is 1. The minimum absolute atomic E-state index is 0.0205. The summed E-state index contributed by atoms with van der Waals surface area (Å²) in [6.45, 7) is 7.53. The summed E-state index contributed by atoms with van der Waals surface area (Å²) in [6, 6.07) is 5.76. The summed E-state index contributed by atoms with van der Waals surface area (Å²) in [5.41, 5.74) is 2.25. The largest absolute Gasteiger partial charge is 0.482 e. The predicted molar refractivity (Wildman–Crippen MR) is 97.2 cm³/mol. The minimum Gasteiger partial charge on any atom is -0.482 e. The molecule has 0 bridgehead atoms. The molecule has 1 aliphatic heterocycles. The van der Waals surface area contributed by atoms with Gasteiger partial charge >= 0.3 is 0 Å². The van der Waals surface area contributed by atoms with Crippen molar-refractivity contribution in [3.05, 3.63) is 39.8 Å². The van der Waals surface area contributed by atoms with Gasteiger partial charge in [0.15, 0.2) is 6.61 Å². The van der Waals surface area contributed by atoms with Crippen LogP contribution in [0.5, 0.6) is 5.75 Å². The summed E-state index contributed by atoms with van der Waals surface area (Å²) in [6.07, 6.45) is 0. The summed E-state index contributed by atoms with van der Waals surface area (Å²) in [5, 5.41) is 2.50. The van der Waals surface area contributed by atoms with E-state index in [1.807, 2.05) is 39.0 Å². The standard InChI is InChI=1S/C18H21N3O3S/c1-4-20(5-2)18(23)13-11-25-16(19-13)9-21-14-8-12(3)6-7-15(14)24-10-17(21)22/h6-8,11H,4-5,9-10H2,1-3H3. The maximum absolute atomic E-state index is 12.4. The van der Waals surface area contributed by atoms with E-state index in [1.54, 1.807) is 15.2 Å². The van der Waals surface area contributed by atoms with Crippen LogP contribution in [0, 0.1) is 6.92 Å². The van der Waals surface area contributed by atoms with Gasteiger partial charge in [0.25, 0.3) is 11.8 Å². The molecule has 1 aliphatic rings. The lowest BCUT2D eigenvalue weighted by Gasteiger charge is -2.29. The fraction of sp³-hybridized carbons (Fsp3) is 0.389. The Kier molecular flexibility index (Phi) is 5.03.